The molecule has 0 amide bonds. The topological polar surface area (TPSA) is 44.8 Å². The average molecular weight is 283 g/mol. The molecule has 0 fully saturated rings. The molecule has 1 aromatic carbocycles. The number of benzene rings is 1. The molecule has 0 atom stereocenters. The summed E-state index contributed by atoms with van der Waals surface area (Å²) in [6, 6.07) is 2.98. The highest BCUT2D eigenvalue weighted by atomic mass is 35.5. The third-order valence-electron chi connectivity index (χ3n) is 1.60. The summed E-state index contributed by atoms with van der Waals surface area (Å²) >= 11 is 12.7. The second-order valence-electron chi connectivity index (χ2n) is 2.58. The van der Waals surface area contributed by atoms with Gasteiger partial charge in [0.05, 0.1) is 41.7 Å². The fourth-order valence-corrected chi connectivity index (χ4v) is 2.02. The van der Waals surface area contributed by atoms with Crippen molar-refractivity contribution < 1.29 is 18.8 Å². The first-order valence-electron chi connectivity index (χ1n) is 4.04. The highest BCUT2D eigenvalue weighted by Gasteiger charge is 2.16. The molecule has 0 N–H and O–H groups in total. The van der Waals surface area contributed by atoms with Gasteiger partial charge in [-0.15, -0.1) is 0 Å². The zero-order valence-corrected chi connectivity index (χ0v) is 10.8. The van der Waals surface area contributed by atoms with Gasteiger partial charge in [-0.1, -0.05) is 23.2 Å². The maximum Gasteiger partial charge on any atom is 0.339 e. The van der Waals surface area contributed by atoms with E-state index in [0.29, 0.717) is 9.92 Å². The molecule has 0 spiro atoms. The van der Waals surface area contributed by atoms with E-state index >= 15 is 0 Å². The highest BCUT2D eigenvalue weighted by Crippen LogP contribution is 2.34. The summed E-state index contributed by atoms with van der Waals surface area (Å²) in [5.41, 5.74) is 0.180. The van der Waals surface area contributed by atoms with Crippen molar-refractivity contribution >= 4 is 41.2 Å². The van der Waals surface area contributed by atoms with Gasteiger partial charge < -0.3 is 4.74 Å². The van der Waals surface area contributed by atoms with Gasteiger partial charge in [0.25, 0.3) is 0 Å². The van der Waals surface area contributed by atoms with Crippen molar-refractivity contribution in [3.8, 4) is 0 Å². The minimum absolute atomic E-state index is 0.180. The SMILES string of the molecule is COOSc1cc(Cl)cc(C(=O)OC)c1Cl. The van der Waals surface area contributed by atoms with E-state index in [-0.39, 0.29) is 10.6 Å². The second kappa shape index (κ2) is 6.32. The summed E-state index contributed by atoms with van der Waals surface area (Å²) in [4.78, 5) is 16.2. The summed E-state index contributed by atoms with van der Waals surface area (Å²) in [7, 11) is 2.62. The van der Waals surface area contributed by atoms with Crippen LogP contribution in [0.5, 0.6) is 0 Å². The van der Waals surface area contributed by atoms with Gasteiger partial charge in [0, 0.05) is 5.02 Å². The first-order chi connectivity index (χ1) is 7.60. The van der Waals surface area contributed by atoms with E-state index in [2.05, 4.69) is 14.0 Å². The predicted molar refractivity (Wildman–Crippen MR) is 61.8 cm³/mol. The Balaban J connectivity index is 3.10. The van der Waals surface area contributed by atoms with Crippen LogP contribution >= 0.6 is 35.2 Å². The Morgan fingerprint density at radius 2 is 2.00 bits per heavy atom. The number of hydrogen-bond acceptors (Lipinski definition) is 5. The Hall–Kier alpha value is -0.460. The van der Waals surface area contributed by atoms with Gasteiger partial charge in [0.15, 0.2) is 0 Å². The van der Waals surface area contributed by atoms with Crippen molar-refractivity contribution in [2.24, 2.45) is 0 Å². The molecule has 0 saturated heterocycles. The lowest BCUT2D eigenvalue weighted by molar-refractivity contribution is -0.160. The lowest BCUT2D eigenvalue weighted by Gasteiger charge is -2.07. The van der Waals surface area contributed by atoms with Gasteiger partial charge in [0.2, 0.25) is 0 Å². The van der Waals surface area contributed by atoms with Gasteiger partial charge in [-0.05, 0) is 12.1 Å². The van der Waals surface area contributed by atoms with Gasteiger partial charge in [-0.2, -0.15) is 4.33 Å². The molecule has 0 aliphatic rings. The van der Waals surface area contributed by atoms with Crippen LogP contribution < -0.4 is 0 Å². The number of methoxy groups -OCH3 is 1. The Morgan fingerprint density at radius 1 is 1.31 bits per heavy atom. The van der Waals surface area contributed by atoms with Crippen LogP contribution in [0.2, 0.25) is 10.0 Å². The standard InChI is InChI=1S/C9H8Cl2O4S/c1-13-9(12)6-3-5(10)4-7(8(6)11)16-15-14-2/h3-4H,1-2H3. The Morgan fingerprint density at radius 3 is 2.56 bits per heavy atom. The minimum Gasteiger partial charge on any atom is -0.465 e. The summed E-state index contributed by atoms with van der Waals surface area (Å²) in [5.74, 6) is -0.563. The van der Waals surface area contributed by atoms with Crippen LogP contribution in [0.1, 0.15) is 10.4 Å². The molecule has 0 aliphatic carbocycles. The third kappa shape index (κ3) is 3.26. The third-order valence-corrected chi connectivity index (χ3v) is 3.04. The van der Waals surface area contributed by atoms with Crippen LogP contribution in [0.25, 0.3) is 0 Å². The van der Waals surface area contributed by atoms with E-state index in [1.165, 1.54) is 20.3 Å². The summed E-state index contributed by atoms with van der Waals surface area (Å²) in [5, 5.41) is 0.560. The minimum atomic E-state index is -0.563. The van der Waals surface area contributed by atoms with E-state index < -0.39 is 5.97 Å². The van der Waals surface area contributed by atoms with Gasteiger partial charge in [-0.3, -0.25) is 0 Å². The van der Waals surface area contributed by atoms with Gasteiger partial charge in [0.1, 0.15) is 0 Å². The van der Waals surface area contributed by atoms with E-state index in [9.17, 15) is 4.79 Å². The molecule has 88 valence electrons. The smallest absolute Gasteiger partial charge is 0.339 e. The second-order valence-corrected chi connectivity index (χ2v) is 4.13. The van der Waals surface area contributed by atoms with Crippen molar-refractivity contribution in [1.29, 1.82) is 0 Å². The van der Waals surface area contributed by atoms with Crippen molar-refractivity contribution in [3.63, 3.8) is 0 Å². The van der Waals surface area contributed by atoms with Crippen LogP contribution in [-0.2, 0) is 14.0 Å². The first-order valence-corrected chi connectivity index (χ1v) is 5.54. The van der Waals surface area contributed by atoms with Crippen LogP contribution in [0.3, 0.4) is 0 Å². The quantitative estimate of drug-likeness (QED) is 0.367. The van der Waals surface area contributed by atoms with E-state index in [1.807, 2.05) is 0 Å². The molecule has 16 heavy (non-hydrogen) atoms. The Labute approximate surface area is 107 Å². The molecule has 0 aliphatic heterocycles. The number of ether oxygens (including phenoxy) is 1. The normalized spacial score (nSPS) is 10.2. The van der Waals surface area contributed by atoms with Crippen molar-refractivity contribution in [1.82, 2.24) is 0 Å². The van der Waals surface area contributed by atoms with Crippen molar-refractivity contribution in [2.45, 2.75) is 4.90 Å². The molecular formula is C9H8Cl2O4S. The van der Waals surface area contributed by atoms with E-state index in [1.54, 1.807) is 6.07 Å². The van der Waals surface area contributed by atoms with Crippen molar-refractivity contribution in [2.75, 3.05) is 14.2 Å². The van der Waals surface area contributed by atoms with Gasteiger partial charge in [-0.25, -0.2) is 9.68 Å². The molecule has 1 aromatic rings. The molecule has 0 bridgehead atoms. The summed E-state index contributed by atoms with van der Waals surface area (Å²) in [6.07, 6.45) is 0. The van der Waals surface area contributed by atoms with Crippen LogP contribution in [0.15, 0.2) is 17.0 Å². The van der Waals surface area contributed by atoms with Crippen LogP contribution in [0, 0.1) is 0 Å². The zero-order valence-electron chi connectivity index (χ0n) is 8.45. The number of halogens is 2. The molecule has 7 heteroatoms. The summed E-state index contributed by atoms with van der Waals surface area (Å²) < 4.78 is 9.21. The molecule has 0 saturated carbocycles. The Kier molecular flexibility index (Phi) is 5.37. The van der Waals surface area contributed by atoms with E-state index in [0.717, 1.165) is 12.0 Å². The fraction of sp³-hybridized carbons (Fsp3) is 0.222. The maximum absolute atomic E-state index is 11.4. The summed E-state index contributed by atoms with van der Waals surface area (Å²) in [6.45, 7) is 0. The first kappa shape index (κ1) is 13.6. The van der Waals surface area contributed by atoms with Crippen LogP contribution in [-0.4, -0.2) is 20.2 Å². The largest absolute Gasteiger partial charge is 0.465 e. The number of carbonyl (C=O) groups is 1. The van der Waals surface area contributed by atoms with E-state index in [4.69, 9.17) is 23.2 Å². The number of hydrogen-bond donors (Lipinski definition) is 0. The lowest BCUT2D eigenvalue weighted by Crippen LogP contribution is -2.02. The fourth-order valence-electron chi connectivity index (χ4n) is 0.954. The molecule has 0 heterocycles. The van der Waals surface area contributed by atoms with Gasteiger partial charge >= 0.3 is 5.97 Å². The lowest BCUT2D eigenvalue weighted by atomic mass is 10.2. The highest BCUT2D eigenvalue weighted by molar-refractivity contribution is 7.94. The number of rotatable bonds is 4. The van der Waals surface area contributed by atoms with Crippen LogP contribution in [0.4, 0.5) is 0 Å². The molecule has 1 rings (SSSR count). The molecule has 0 unspecified atom stereocenters. The maximum atomic E-state index is 11.4. The Bertz CT molecular complexity index is 397. The molecule has 0 aromatic heterocycles. The average Bonchev–Trinajstić information content (AvgIpc) is 2.28. The molecule has 0 radical (unpaired) electrons. The zero-order chi connectivity index (χ0) is 12.1. The monoisotopic (exact) mass is 282 g/mol. The van der Waals surface area contributed by atoms with Crippen molar-refractivity contribution in [3.05, 3.63) is 27.7 Å². The number of esters is 1. The molecular weight excluding hydrogens is 275 g/mol. The molecule has 4 nitrogen and oxygen atoms in total. The predicted octanol–water partition coefficient (Wildman–Crippen LogP) is 3.37. The number of carbonyl (C=O) groups excluding carboxylic acids is 1.